The first kappa shape index (κ1) is 20.9. The molecule has 0 fully saturated rings. The number of methoxy groups -OCH3 is 1. The molecular weight excluding hydrogens is 422 g/mol. The van der Waals surface area contributed by atoms with Crippen LogP contribution in [0.4, 0.5) is 5.69 Å². The van der Waals surface area contributed by atoms with Crippen LogP contribution in [0.1, 0.15) is 35.2 Å². The molecule has 0 radical (unpaired) electrons. The van der Waals surface area contributed by atoms with Crippen molar-refractivity contribution in [1.29, 1.82) is 0 Å². The number of aromatic nitrogens is 2. The van der Waals surface area contributed by atoms with Gasteiger partial charge >= 0.3 is 0 Å². The molecule has 30 heavy (non-hydrogen) atoms. The second-order valence-electron chi connectivity index (χ2n) is 7.93. The van der Waals surface area contributed by atoms with Crippen molar-refractivity contribution in [3.05, 3.63) is 49.3 Å². The minimum absolute atomic E-state index is 0.112. The zero-order valence-electron chi connectivity index (χ0n) is 17.5. The zero-order chi connectivity index (χ0) is 21.6. The van der Waals surface area contributed by atoms with Crippen LogP contribution in [0.5, 0.6) is 5.75 Å². The lowest BCUT2D eigenvalue weighted by molar-refractivity contribution is -0.116. The highest BCUT2D eigenvalue weighted by atomic mass is 35.5. The maximum atomic E-state index is 13.3. The normalized spacial score (nSPS) is 15.8. The quantitative estimate of drug-likeness (QED) is 0.641. The third-order valence-electron chi connectivity index (χ3n) is 5.66. The van der Waals surface area contributed by atoms with Crippen molar-refractivity contribution >= 4 is 44.7 Å². The molecule has 2 heterocycles. The molecule has 8 heteroatoms. The molecule has 158 valence electrons. The molecule has 0 spiro atoms. The van der Waals surface area contributed by atoms with Crippen LogP contribution in [0.15, 0.2) is 16.9 Å². The number of hydrogen-bond donors (Lipinski definition) is 1. The molecule has 4 rings (SSSR count). The van der Waals surface area contributed by atoms with Crippen molar-refractivity contribution in [3.8, 4) is 5.75 Å². The van der Waals surface area contributed by atoms with Crippen LogP contribution in [0.2, 0.25) is 5.02 Å². The molecule has 1 N–H and O–H groups in total. The molecule has 1 aromatic carbocycles. The van der Waals surface area contributed by atoms with Crippen molar-refractivity contribution in [2.24, 2.45) is 5.92 Å². The average molecular weight is 446 g/mol. The predicted molar refractivity (Wildman–Crippen MR) is 121 cm³/mol. The standard InChI is InChI=1S/C22H24ClN3O3S/c1-11-5-6-14-18(7-11)30-21-20(14)22(28)26(13(3)24-21)10-19(27)25-16-8-12(2)15(23)9-17(16)29-4/h8-9,11H,5-7,10H2,1-4H3,(H,25,27). The monoisotopic (exact) mass is 445 g/mol. The Bertz CT molecular complexity index is 1210. The van der Waals surface area contributed by atoms with Gasteiger partial charge in [-0.05, 0) is 56.2 Å². The Hall–Kier alpha value is -2.38. The fourth-order valence-corrected chi connectivity index (χ4v) is 5.55. The molecule has 2 aromatic heterocycles. The second-order valence-corrected chi connectivity index (χ2v) is 9.42. The SMILES string of the molecule is COc1cc(Cl)c(C)cc1NC(=O)Cn1c(C)nc2sc3c(c2c1=O)CCC(C)C3. The molecule has 6 nitrogen and oxygen atoms in total. The molecule has 0 aliphatic heterocycles. The number of rotatable bonds is 4. The summed E-state index contributed by atoms with van der Waals surface area (Å²) in [6, 6.07) is 3.42. The van der Waals surface area contributed by atoms with Gasteiger partial charge in [0.05, 0.1) is 18.2 Å². The van der Waals surface area contributed by atoms with E-state index < -0.39 is 0 Å². The van der Waals surface area contributed by atoms with Crippen LogP contribution >= 0.6 is 22.9 Å². The minimum Gasteiger partial charge on any atom is -0.495 e. The van der Waals surface area contributed by atoms with E-state index in [-0.39, 0.29) is 18.0 Å². The number of fused-ring (bicyclic) bond motifs is 3. The van der Waals surface area contributed by atoms with E-state index in [0.717, 1.165) is 35.2 Å². The number of aryl methyl sites for hydroxylation is 3. The van der Waals surface area contributed by atoms with Crippen molar-refractivity contribution in [2.75, 3.05) is 12.4 Å². The number of hydrogen-bond acceptors (Lipinski definition) is 5. The largest absolute Gasteiger partial charge is 0.495 e. The van der Waals surface area contributed by atoms with Gasteiger partial charge < -0.3 is 10.1 Å². The summed E-state index contributed by atoms with van der Waals surface area (Å²) in [5, 5.41) is 4.07. The first-order chi connectivity index (χ1) is 14.3. The van der Waals surface area contributed by atoms with Gasteiger partial charge in [0.25, 0.3) is 5.56 Å². The number of anilines is 1. The summed E-state index contributed by atoms with van der Waals surface area (Å²) in [6.07, 6.45) is 2.96. The summed E-state index contributed by atoms with van der Waals surface area (Å²) in [5.41, 5.74) is 2.32. The van der Waals surface area contributed by atoms with Crippen LogP contribution in [0, 0.1) is 19.8 Å². The summed E-state index contributed by atoms with van der Waals surface area (Å²) < 4.78 is 6.78. The predicted octanol–water partition coefficient (Wildman–Crippen LogP) is 4.50. The third kappa shape index (κ3) is 3.72. The highest BCUT2D eigenvalue weighted by Crippen LogP contribution is 2.36. The molecule has 1 amide bonds. The van der Waals surface area contributed by atoms with Crippen LogP contribution in [0.3, 0.4) is 0 Å². The first-order valence-corrected chi connectivity index (χ1v) is 11.1. The van der Waals surface area contributed by atoms with Gasteiger partial charge in [0.2, 0.25) is 5.91 Å². The van der Waals surface area contributed by atoms with Crippen molar-refractivity contribution in [1.82, 2.24) is 9.55 Å². The van der Waals surface area contributed by atoms with Crippen LogP contribution in [-0.2, 0) is 24.2 Å². The number of benzene rings is 1. The number of amides is 1. The van der Waals surface area contributed by atoms with E-state index in [4.69, 9.17) is 16.3 Å². The van der Waals surface area contributed by atoms with E-state index >= 15 is 0 Å². The molecular formula is C22H24ClN3O3S. The average Bonchev–Trinajstić information content (AvgIpc) is 3.04. The zero-order valence-corrected chi connectivity index (χ0v) is 19.0. The third-order valence-corrected chi connectivity index (χ3v) is 7.22. The Morgan fingerprint density at radius 2 is 2.17 bits per heavy atom. The highest BCUT2D eigenvalue weighted by Gasteiger charge is 2.24. The maximum absolute atomic E-state index is 13.3. The summed E-state index contributed by atoms with van der Waals surface area (Å²) in [4.78, 5) is 32.7. The second kappa shape index (κ2) is 8.04. The summed E-state index contributed by atoms with van der Waals surface area (Å²) in [5.74, 6) is 1.31. The van der Waals surface area contributed by atoms with Gasteiger partial charge in [-0.3, -0.25) is 14.2 Å². The Kier molecular flexibility index (Phi) is 5.59. The topological polar surface area (TPSA) is 73.2 Å². The van der Waals surface area contributed by atoms with E-state index in [0.29, 0.717) is 33.6 Å². The lowest BCUT2D eigenvalue weighted by Crippen LogP contribution is -2.30. The van der Waals surface area contributed by atoms with Crippen LogP contribution in [0.25, 0.3) is 10.2 Å². The van der Waals surface area contributed by atoms with Gasteiger partial charge in [-0.1, -0.05) is 18.5 Å². The smallest absolute Gasteiger partial charge is 0.263 e. The number of nitrogens with zero attached hydrogens (tertiary/aromatic N) is 2. The van der Waals surface area contributed by atoms with E-state index in [1.54, 1.807) is 30.4 Å². The number of ether oxygens (including phenoxy) is 1. The number of carbonyl (C=O) groups is 1. The van der Waals surface area contributed by atoms with Gasteiger partial charge in [-0.15, -0.1) is 11.3 Å². The summed E-state index contributed by atoms with van der Waals surface area (Å²) in [6.45, 7) is 5.74. The molecule has 0 bridgehead atoms. The molecule has 0 saturated heterocycles. The Labute approximate surface area is 183 Å². The summed E-state index contributed by atoms with van der Waals surface area (Å²) >= 11 is 7.75. The van der Waals surface area contributed by atoms with E-state index in [9.17, 15) is 9.59 Å². The van der Waals surface area contributed by atoms with Gasteiger partial charge in [-0.2, -0.15) is 0 Å². The molecule has 1 atom stereocenters. The van der Waals surface area contributed by atoms with Crippen molar-refractivity contribution in [2.45, 2.75) is 46.6 Å². The lowest BCUT2D eigenvalue weighted by Gasteiger charge is -2.17. The summed E-state index contributed by atoms with van der Waals surface area (Å²) in [7, 11) is 1.52. The van der Waals surface area contributed by atoms with Gasteiger partial charge in [0.15, 0.2) is 0 Å². The Balaban J connectivity index is 1.67. The Morgan fingerprint density at radius 3 is 2.90 bits per heavy atom. The number of nitrogens with one attached hydrogen (secondary N) is 1. The maximum Gasteiger partial charge on any atom is 0.263 e. The van der Waals surface area contributed by atoms with Crippen LogP contribution < -0.4 is 15.6 Å². The minimum atomic E-state index is -0.320. The fraction of sp³-hybridized carbons (Fsp3) is 0.409. The molecule has 1 unspecified atom stereocenters. The van der Waals surface area contributed by atoms with E-state index in [2.05, 4.69) is 17.2 Å². The van der Waals surface area contributed by atoms with Gasteiger partial charge in [0, 0.05) is 16.0 Å². The first-order valence-electron chi connectivity index (χ1n) is 9.94. The Morgan fingerprint density at radius 1 is 1.40 bits per heavy atom. The molecule has 1 aliphatic rings. The van der Waals surface area contributed by atoms with Crippen LogP contribution in [-0.4, -0.2) is 22.6 Å². The van der Waals surface area contributed by atoms with Gasteiger partial charge in [-0.25, -0.2) is 4.98 Å². The molecule has 1 aliphatic carbocycles. The van der Waals surface area contributed by atoms with Gasteiger partial charge in [0.1, 0.15) is 22.9 Å². The number of thiophene rings is 1. The molecule has 3 aromatic rings. The lowest BCUT2D eigenvalue weighted by atomic mass is 9.89. The molecule has 0 saturated carbocycles. The van der Waals surface area contributed by atoms with E-state index in [1.165, 1.54) is 16.6 Å². The van der Waals surface area contributed by atoms with Crippen molar-refractivity contribution < 1.29 is 9.53 Å². The number of halogens is 1. The van der Waals surface area contributed by atoms with Crippen molar-refractivity contribution in [3.63, 3.8) is 0 Å². The van der Waals surface area contributed by atoms with E-state index in [1.807, 2.05) is 6.92 Å². The number of carbonyl (C=O) groups excluding carboxylic acids is 1. The fourth-order valence-electron chi connectivity index (χ4n) is 3.97. The highest BCUT2D eigenvalue weighted by molar-refractivity contribution is 7.18.